The Balaban J connectivity index is 1.76. The van der Waals surface area contributed by atoms with Crippen LogP contribution in [0.5, 0.6) is 5.88 Å². The maximum atomic E-state index is 11.9. The quantitative estimate of drug-likeness (QED) is 0.214. The topological polar surface area (TPSA) is 158 Å². The first-order valence-electron chi connectivity index (χ1n) is 8.90. The number of hydrogen-bond donors (Lipinski definition) is 0. The highest BCUT2D eigenvalue weighted by molar-refractivity contribution is 5.63. The number of hydrogen-bond acceptors (Lipinski definition) is 10. The second-order valence-corrected chi connectivity index (χ2v) is 6.04. The van der Waals surface area contributed by atoms with Crippen LogP contribution in [-0.2, 0) is 14.4 Å². The second kappa shape index (κ2) is 11.2. The van der Waals surface area contributed by atoms with Crippen molar-refractivity contribution in [3.05, 3.63) is 62.3 Å². The molecule has 0 N–H and O–H groups in total. The molecule has 13 heteroatoms. The molecule has 0 saturated carbocycles. The Morgan fingerprint density at radius 1 is 1.17 bits per heavy atom. The van der Waals surface area contributed by atoms with Crippen molar-refractivity contribution in [1.29, 1.82) is 0 Å². The lowest BCUT2D eigenvalue weighted by molar-refractivity contribution is -0.790. The van der Waals surface area contributed by atoms with Crippen molar-refractivity contribution in [3.63, 3.8) is 0 Å². The SMILES string of the molecule is Cc1cc(OC(=O)OCCCCC(CO[N+](=O)[O-])O[N+](=O)[O-])n(-c2ccccc2)n1. The summed E-state index contributed by atoms with van der Waals surface area (Å²) >= 11 is 0. The summed E-state index contributed by atoms with van der Waals surface area (Å²) in [5.41, 5.74) is 1.36. The summed E-state index contributed by atoms with van der Waals surface area (Å²) < 4.78 is 11.7. The van der Waals surface area contributed by atoms with Gasteiger partial charge in [0, 0.05) is 6.07 Å². The first-order valence-corrected chi connectivity index (χ1v) is 8.90. The molecule has 30 heavy (non-hydrogen) atoms. The third-order valence-electron chi connectivity index (χ3n) is 3.73. The highest BCUT2D eigenvalue weighted by atomic mass is 17.0. The molecule has 0 amide bonds. The highest BCUT2D eigenvalue weighted by Gasteiger charge is 2.16. The second-order valence-electron chi connectivity index (χ2n) is 6.04. The summed E-state index contributed by atoms with van der Waals surface area (Å²) in [6.07, 6.45) is -1.24. The van der Waals surface area contributed by atoms with Gasteiger partial charge in [0.05, 0.1) is 18.0 Å². The Bertz CT molecular complexity index is 856. The molecule has 1 heterocycles. The van der Waals surface area contributed by atoms with Gasteiger partial charge in [0.25, 0.3) is 10.2 Å². The molecule has 2 aromatic rings. The number of carbonyl (C=O) groups is 1. The van der Waals surface area contributed by atoms with Gasteiger partial charge in [-0.2, -0.15) is 5.10 Å². The molecule has 1 unspecified atom stereocenters. The summed E-state index contributed by atoms with van der Waals surface area (Å²) in [4.78, 5) is 40.9. The number of ether oxygens (including phenoxy) is 2. The van der Waals surface area contributed by atoms with Gasteiger partial charge in [0.2, 0.25) is 5.88 Å². The zero-order chi connectivity index (χ0) is 21.9. The lowest BCUT2D eigenvalue weighted by Gasteiger charge is -2.13. The van der Waals surface area contributed by atoms with Crippen LogP contribution in [-0.4, -0.2) is 45.4 Å². The first kappa shape index (κ1) is 22.4. The van der Waals surface area contributed by atoms with Crippen molar-refractivity contribution in [2.45, 2.75) is 32.3 Å². The minimum atomic E-state index is -1.10. The first-order chi connectivity index (χ1) is 14.3. The van der Waals surface area contributed by atoms with Gasteiger partial charge < -0.3 is 19.1 Å². The van der Waals surface area contributed by atoms with Gasteiger partial charge in [-0.05, 0) is 38.3 Å². The summed E-state index contributed by atoms with van der Waals surface area (Å²) in [5, 5.41) is 22.8. The molecule has 0 spiro atoms. The smallest absolute Gasteiger partial charge is 0.434 e. The number of para-hydroxylation sites is 1. The summed E-state index contributed by atoms with van der Waals surface area (Å²) in [7, 11) is 0. The van der Waals surface area contributed by atoms with E-state index in [1.165, 1.54) is 4.68 Å². The van der Waals surface area contributed by atoms with Crippen LogP contribution in [0.4, 0.5) is 4.79 Å². The molecule has 0 aliphatic carbocycles. The Kier molecular flexibility index (Phi) is 8.35. The van der Waals surface area contributed by atoms with Crippen LogP contribution in [0.15, 0.2) is 36.4 Å². The maximum Gasteiger partial charge on any atom is 0.515 e. The molecule has 0 bridgehead atoms. The van der Waals surface area contributed by atoms with Crippen LogP contribution in [0.1, 0.15) is 25.0 Å². The van der Waals surface area contributed by atoms with Gasteiger partial charge >= 0.3 is 6.16 Å². The molecule has 0 fully saturated rings. The van der Waals surface area contributed by atoms with Crippen LogP contribution in [0.3, 0.4) is 0 Å². The summed E-state index contributed by atoms with van der Waals surface area (Å²) in [6, 6.07) is 10.7. The molecule has 1 atom stereocenters. The van der Waals surface area contributed by atoms with Crippen molar-refractivity contribution < 1.29 is 34.1 Å². The van der Waals surface area contributed by atoms with Crippen LogP contribution in [0.25, 0.3) is 5.69 Å². The minimum absolute atomic E-state index is 0.0153. The van der Waals surface area contributed by atoms with Crippen molar-refractivity contribution in [1.82, 2.24) is 9.78 Å². The van der Waals surface area contributed by atoms with Gasteiger partial charge in [0.15, 0.2) is 0 Å². The fraction of sp³-hybridized carbons (Fsp3) is 0.412. The standard InChI is InChI=1S/C17H20N4O9/c1-13-11-16(19(18-13)14-7-3-2-4-8-14)29-17(22)27-10-6-5-9-15(30-21(25)26)12-28-20(23)24/h2-4,7-8,11,15H,5-6,9-10,12H2,1H3. The third kappa shape index (κ3) is 7.61. The molecule has 0 aliphatic heterocycles. The lowest BCUT2D eigenvalue weighted by atomic mass is 10.2. The van der Waals surface area contributed by atoms with E-state index in [0.717, 1.165) is 0 Å². The van der Waals surface area contributed by atoms with E-state index in [1.807, 2.05) is 18.2 Å². The number of carbonyl (C=O) groups excluding carboxylic acids is 1. The predicted octanol–water partition coefficient (Wildman–Crippen LogP) is 2.65. The average molecular weight is 424 g/mol. The predicted molar refractivity (Wildman–Crippen MR) is 98.9 cm³/mol. The number of rotatable bonds is 12. The number of unbranched alkanes of at least 4 members (excludes halogenated alkanes) is 1. The number of nitrogens with zero attached hydrogens (tertiary/aromatic N) is 4. The molecule has 162 valence electrons. The van der Waals surface area contributed by atoms with E-state index in [4.69, 9.17) is 9.47 Å². The Morgan fingerprint density at radius 2 is 1.90 bits per heavy atom. The molecule has 13 nitrogen and oxygen atoms in total. The van der Waals surface area contributed by atoms with Crippen molar-refractivity contribution in [2.75, 3.05) is 13.2 Å². The van der Waals surface area contributed by atoms with Crippen molar-refractivity contribution in [3.8, 4) is 11.6 Å². The van der Waals surface area contributed by atoms with Gasteiger partial charge in [-0.15, -0.1) is 20.2 Å². The van der Waals surface area contributed by atoms with Crippen molar-refractivity contribution in [2.24, 2.45) is 0 Å². The molecule has 2 rings (SSSR count). The van der Waals surface area contributed by atoms with Crippen LogP contribution >= 0.6 is 0 Å². The highest BCUT2D eigenvalue weighted by Crippen LogP contribution is 2.19. The average Bonchev–Trinajstić information content (AvgIpc) is 3.05. The Hall–Kier alpha value is -3.90. The minimum Gasteiger partial charge on any atom is -0.434 e. The fourth-order valence-corrected chi connectivity index (χ4v) is 2.48. The van der Waals surface area contributed by atoms with Gasteiger partial charge in [0.1, 0.15) is 12.7 Å². The maximum absolute atomic E-state index is 11.9. The number of benzene rings is 1. The van der Waals surface area contributed by atoms with Crippen LogP contribution in [0, 0.1) is 27.2 Å². The van der Waals surface area contributed by atoms with E-state index >= 15 is 0 Å². The molecule has 0 saturated heterocycles. The Labute approximate surface area is 170 Å². The molecule has 0 radical (unpaired) electrons. The number of aromatic nitrogens is 2. The zero-order valence-electron chi connectivity index (χ0n) is 16.0. The van der Waals surface area contributed by atoms with Crippen LogP contribution in [0.2, 0.25) is 0 Å². The molecule has 1 aromatic carbocycles. The summed E-state index contributed by atoms with van der Waals surface area (Å²) in [5.74, 6) is 0.195. The van der Waals surface area contributed by atoms with E-state index < -0.39 is 29.0 Å². The van der Waals surface area contributed by atoms with E-state index in [9.17, 15) is 25.0 Å². The van der Waals surface area contributed by atoms with Crippen LogP contribution < -0.4 is 4.74 Å². The molecule has 0 aliphatic rings. The lowest BCUT2D eigenvalue weighted by Crippen LogP contribution is -2.24. The normalized spacial score (nSPS) is 11.4. The van der Waals surface area contributed by atoms with Gasteiger partial charge in [-0.3, -0.25) is 0 Å². The monoisotopic (exact) mass is 424 g/mol. The third-order valence-corrected chi connectivity index (χ3v) is 3.73. The number of aryl methyl sites for hydroxylation is 1. The van der Waals surface area contributed by atoms with Gasteiger partial charge in [-0.25, -0.2) is 9.48 Å². The molecular formula is C17H20N4O9. The Morgan fingerprint density at radius 3 is 2.57 bits per heavy atom. The van der Waals surface area contributed by atoms with E-state index in [0.29, 0.717) is 24.2 Å². The molecule has 1 aromatic heterocycles. The molecular weight excluding hydrogens is 404 g/mol. The van der Waals surface area contributed by atoms with E-state index in [1.54, 1.807) is 25.1 Å². The van der Waals surface area contributed by atoms with Crippen molar-refractivity contribution >= 4 is 6.16 Å². The largest absolute Gasteiger partial charge is 0.515 e. The van der Waals surface area contributed by atoms with Gasteiger partial charge in [-0.1, -0.05) is 18.2 Å². The summed E-state index contributed by atoms with van der Waals surface area (Å²) in [6.45, 7) is 1.17. The fourth-order valence-electron chi connectivity index (χ4n) is 2.48. The zero-order valence-corrected chi connectivity index (χ0v) is 16.0. The van der Waals surface area contributed by atoms with E-state index in [-0.39, 0.29) is 18.9 Å². The van der Waals surface area contributed by atoms with E-state index in [2.05, 4.69) is 14.8 Å².